The third-order valence-electron chi connectivity index (χ3n) is 2.66. The summed E-state index contributed by atoms with van der Waals surface area (Å²) in [6.45, 7) is 9.90. The molecule has 0 saturated carbocycles. The predicted octanol–water partition coefficient (Wildman–Crippen LogP) is 2.03. The molecular weight excluding hydrogens is 268 g/mol. The van der Waals surface area contributed by atoms with Crippen molar-refractivity contribution >= 4 is 11.6 Å². The van der Waals surface area contributed by atoms with E-state index in [4.69, 9.17) is 21.1 Å². The maximum absolute atomic E-state index is 5.74. The zero-order valence-electron chi connectivity index (χ0n) is 12.1. The number of aromatic nitrogens is 3. The summed E-state index contributed by atoms with van der Waals surface area (Å²) in [6.07, 6.45) is 0. The Morgan fingerprint density at radius 3 is 2.16 bits per heavy atom. The summed E-state index contributed by atoms with van der Waals surface area (Å²) in [6, 6.07) is 1.25. The Hall–Kier alpha value is -1.14. The van der Waals surface area contributed by atoms with Gasteiger partial charge in [0, 0.05) is 18.6 Å². The standard InChI is InChI=1S/C12H21ClN4O2/c1-8(2)17(9(3)4)6-7-19-12-15-10(13)14-11(16-12)18-5/h8-9H,6-7H2,1-5H3. The SMILES string of the molecule is COc1nc(Cl)nc(OCCN(C(C)C)C(C)C)n1. The Morgan fingerprint density at radius 2 is 1.63 bits per heavy atom. The number of rotatable bonds is 7. The molecule has 0 bridgehead atoms. The van der Waals surface area contributed by atoms with Crippen LogP contribution in [0.4, 0.5) is 0 Å². The first kappa shape index (κ1) is 15.9. The van der Waals surface area contributed by atoms with E-state index >= 15 is 0 Å². The molecule has 1 heterocycles. The molecule has 1 aromatic heterocycles. The molecule has 0 saturated heterocycles. The highest BCUT2D eigenvalue weighted by molar-refractivity contribution is 6.28. The lowest BCUT2D eigenvalue weighted by molar-refractivity contribution is 0.137. The Balaban J connectivity index is 2.55. The number of ether oxygens (including phenoxy) is 2. The van der Waals surface area contributed by atoms with E-state index in [2.05, 4.69) is 47.5 Å². The molecule has 0 spiro atoms. The van der Waals surface area contributed by atoms with E-state index in [0.29, 0.717) is 18.7 Å². The van der Waals surface area contributed by atoms with Crippen LogP contribution in [-0.2, 0) is 0 Å². The third-order valence-corrected chi connectivity index (χ3v) is 2.83. The van der Waals surface area contributed by atoms with Gasteiger partial charge < -0.3 is 9.47 Å². The first-order valence-electron chi connectivity index (χ1n) is 6.28. The van der Waals surface area contributed by atoms with Gasteiger partial charge in [0.05, 0.1) is 7.11 Å². The number of halogens is 1. The van der Waals surface area contributed by atoms with Crippen molar-refractivity contribution in [2.24, 2.45) is 0 Å². The fraction of sp³-hybridized carbons (Fsp3) is 0.750. The predicted molar refractivity (Wildman–Crippen MR) is 73.9 cm³/mol. The summed E-state index contributed by atoms with van der Waals surface area (Å²) in [5.74, 6) is 0. The minimum absolute atomic E-state index is 0.0615. The van der Waals surface area contributed by atoms with Gasteiger partial charge in [-0.2, -0.15) is 9.97 Å². The highest BCUT2D eigenvalue weighted by Gasteiger charge is 2.13. The van der Waals surface area contributed by atoms with Crippen molar-refractivity contribution in [1.82, 2.24) is 19.9 Å². The summed E-state index contributed by atoms with van der Waals surface area (Å²) >= 11 is 5.74. The number of methoxy groups -OCH3 is 1. The second kappa shape index (κ2) is 7.45. The van der Waals surface area contributed by atoms with E-state index in [1.165, 1.54) is 7.11 Å². The van der Waals surface area contributed by atoms with Gasteiger partial charge in [0.2, 0.25) is 5.28 Å². The van der Waals surface area contributed by atoms with Crippen molar-refractivity contribution in [2.45, 2.75) is 39.8 Å². The maximum atomic E-state index is 5.74. The molecular formula is C12H21ClN4O2. The highest BCUT2D eigenvalue weighted by Crippen LogP contribution is 2.12. The van der Waals surface area contributed by atoms with Gasteiger partial charge in [-0.05, 0) is 39.3 Å². The van der Waals surface area contributed by atoms with Crippen molar-refractivity contribution in [2.75, 3.05) is 20.3 Å². The number of nitrogens with zero attached hydrogens (tertiary/aromatic N) is 4. The molecule has 0 aliphatic heterocycles. The molecule has 0 unspecified atom stereocenters. The van der Waals surface area contributed by atoms with E-state index < -0.39 is 0 Å². The van der Waals surface area contributed by atoms with Gasteiger partial charge in [0.1, 0.15) is 6.61 Å². The second-order valence-corrected chi connectivity index (χ2v) is 4.99. The van der Waals surface area contributed by atoms with Crippen molar-refractivity contribution < 1.29 is 9.47 Å². The molecule has 0 N–H and O–H groups in total. The van der Waals surface area contributed by atoms with E-state index in [0.717, 1.165) is 6.54 Å². The van der Waals surface area contributed by atoms with E-state index in [9.17, 15) is 0 Å². The smallest absolute Gasteiger partial charge is 0.323 e. The first-order valence-corrected chi connectivity index (χ1v) is 6.66. The van der Waals surface area contributed by atoms with Gasteiger partial charge in [-0.15, -0.1) is 4.98 Å². The Labute approximate surface area is 119 Å². The van der Waals surface area contributed by atoms with Crippen molar-refractivity contribution in [3.8, 4) is 12.0 Å². The average molecular weight is 289 g/mol. The van der Waals surface area contributed by atoms with Crippen LogP contribution in [0.2, 0.25) is 5.28 Å². The van der Waals surface area contributed by atoms with E-state index in [-0.39, 0.29) is 17.3 Å². The van der Waals surface area contributed by atoms with Crippen LogP contribution in [0.5, 0.6) is 12.0 Å². The normalized spacial score (nSPS) is 11.4. The average Bonchev–Trinajstić information content (AvgIpc) is 2.32. The Kier molecular flexibility index (Phi) is 6.24. The Morgan fingerprint density at radius 1 is 1.05 bits per heavy atom. The molecule has 0 amide bonds. The molecule has 0 radical (unpaired) electrons. The van der Waals surface area contributed by atoms with Gasteiger partial charge in [0.25, 0.3) is 0 Å². The largest absolute Gasteiger partial charge is 0.467 e. The van der Waals surface area contributed by atoms with Gasteiger partial charge >= 0.3 is 12.0 Å². The van der Waals surface area contributed by atoms with Crippen LogP contribution in [0.3, 0.4) is 0 Å². The molecule has 0 fully saturated rings. The van der Waals surface area contributed by atoms with Crippen LogP contribution in [0, 0.1) is 0 Å². The minimum Gasteiger partial charge on any atom is -0.467 e. The molecule has 19 heavy (non-hydrogen) atoms. The van der Waals surface area contributed by atoms with Gasteiger partial charge in [0.15, 0.2) is 0 Å². The molecule has 0 atom stereocenters. The molecule has 0 aliphatic rings. The highest BCUT2D eigenvalue weighted by atomic mass is 35.5. The summed E-state index contributed by atoms with van der Waals surface area (Å²) in [5, 5.41) is 0.0615. The zero-order chi connectivity index (χ0) is 14.4. The van der Waals surface area contributed by atoms with E-state index in [1.54, 1.807) is 0 Å². The fourth-order valence-corrected chi connectivity index (χ4v) is 1.97. The maximum Gasteiger partial charge on any atom is 0.323 e. The summed E-state index contributed by atoms with van der Waals surface area (Å²) in [5.41, 5.74) is 0. The second-order valence-electron chi connectivity index (χ2n) is 4.65. The molecule has 6 nitrogen and oxygen atoms in total. The molecule has 0 aromatic carbocycles. The van der Waals surface area contributed by atoms with Crippen LogP contribution in [0.1, 0.15) is 27.7 Å². The quantitative estimate of drug-likeness (QED) is 0.765. The van der Waals surface area contributed by atoms with Crippen molar-refractivity contribution in [3.05, 3.63) is 5.28 Å². The molecule has 1 rings (SSSR count). The van der Waals surface area contributed by atoms with Crippen LogP contribution in [0.25, 0.3) is 0 Å². The van der Waals surface area contributed by atoms with Crippen molar-refractivity contribution in [1.29, 1.82) is 0 Å². The number of hydrogen-bond acceptors (Lipinski definition) is 6. The summed E-state index contributed by atoms with van der Waals surface area (Å²) in [7, 11) is 1.47. The van der Waals surface area contributed by atoms with Gasteiger partial charge in [-0.1, -0.05) is 0 Å². The van der Waals surface area contributed by atoms with Crippen LogP contribution in [-0.4, -0.2) is 52.2 Å². The zero-order valence-corrected chi connectivity index (χ0v) is 12.8. The van der Waals surface area contributed by atoms with Crippen LogP contribution in [0.15, 0.2) is 0 Å². The van der Waals surface area contributed by atoms with E-state index in [1.807, 2.05) is 0 Å². The monoisotopic (exact) mass is 288 g/mol. The molecule has 0 aliphatic carbocycles. The summed E-state index contributed by atoms with van der Waals surface area (Å²) in [4.78, 5) is 14.0. The topological polar surface area (TPSA) is 60.4 Å². The van der Waals surface area contributed by atoms with Crippen LogP contribution >= 0.6 is 11.6 Å². The lowest BCUT2D eigenvalue weighted by atomic mass is 10.2. The third kappa shape index (κ3) is 5.16. The molecule has 1 aromatic rings. The van der Waals surface area contributed by atoms with Gasteiger partial charge in [-0.25, -0.2) is 0 Å². The fourth-order valence-electron chi connectivity index (χ4n) is 1.83. The molecule has 7 heteroatoms. The van der Waals surface area contributed by atoms with Crippen LogP contribution < -0.4 is 9.47 Å². The lowest BCUT2D eigenvalue weighted by Gasteiger charge is -2.30. The minimum atomic E-state index is 0.0615. The lowest BCUT2D eigenvalue weighted by Crippen LogP contribution is -2.39. The van der Waals surface area contributed by atoms with Gasteiger partial charge in [-0.3, -0.25) is 4.90 Å². The van der Waals surface area contributed by atoms with Crippen molar-refractivity contribution in [3.63, 3.8) is 0 Å². The number of hydrogen-bond donors (Lipinski definition) is 0. The Bertz CT molecular complexity index is 393. The summed E-state index contributed by atoms with van der Waals surface area (Å²) < 4.78 is 10.4. The first-order chi connectivity index (χ1) is 8.93. The molecule has 108 valence electrons.